The first-order valence-electron chi connectivity index (χ1n) is 11.5. The molecule has 176 valence electrons. The number of piperidine rings is 1. The Morgan fingerprint density at radius 3 is 2.82 bits per heavy atom. The maximum atomic E-state index is 14.8. The minimum atomic E-state index is -1.13. The Bertz CT molecular complexity index is 1040. The molecule has 2 aromatic carbocycles. The van der Waals surface area contributed by atoms with Crippen molar-refractivity contribution in [3.63, 3.8) is 0 Å². The molecule has 0 spiro atoms. The van der Waals surface area contributed by atoms with Gasteiger partial charge in [0.25, 0.3) is 5.91 Å². The average molecular weight is 472 g/mol. The maximum Gasteiger partial charge on any atom is 0.251 e. The molecule has 0 aliphatic carbocycles. The largest absolute Gasteiger partial charge is 0.355 e. The molecule has 4 rings (SSSR count). The summed E-state index contributed by atoms with van der Waals surface area (Å²) < 4.78 is 14.8. The third-order valence-electron chi connectivity index (χ3n) is 6.19. The van der Waals surface area contributed by atoms with Crippen molar-refractivity contribution < 1.29 is 9.18 Å². The minimum Gasteiger partial charge on any atom is -0.355 e. The van der Waals surface area contributed by atoms with Crippen LogP contribution in [0.3, 0.4) is 0 Å². The van der Waals surface area contributed by atoms with Crippen molar-refractivity contribution in [3.05, 3.63) is 69.2 Å². The molecule has 0 saturated carbocycles. The van der Waals surface area contributed by atoms with Crippen LogP contribution in [0.2, 0.25) is 5.02 Å². The van der Waals surface area contributed by atoms with Gasteiger partial charge in [-0.3, -0.25) is 15.1 Å². The molecule has 2 aliphatic rings. The molecular weight excluding hydrogens is 441 g/mol. The monoisotopic (exact) mass is 471 g/mol. The number of aryl methyl sites for hydroxylation is 1. The highest BCUT2D eigenvalue weighted by molar-refractivity contribution is 6.31. The summed E-state index contributed by atoms with van der Waals surface area (Å²) in [5.74, 6) is 0.641. The maximum absolute atomic E-state index is 14.8. The lowest BCUT2D eigenvalue weighted by atomic mass is 9.84. The lowest BCUT2D eigenvalue weighted by Crippen LogP contribution is -2.40. The first kappa shape index (κ1) is 23.5. The quantitative estimate of drug-likeness (QED) is 0.485. The van der Waals surface area contributed by atoms with Crippen LogP contribution in [0.15, 0.2) is 41.4 Å². The van der Waals surface area contributed by atoms with E-state index >= 15 is 0 Å². The van der Waals surface area contributed by atoms with Crippen LogP contribution in [0.5, 0.6) is 0 Å². The van der Waals surface area contributed by atoms with Crippen molar-refractivity contribution >= 4 is 23.5 Å². The topological polar surface area (TPSA) is 77.5 Å². The molecular formula is C25H31ClFN5O. The first-order valence-corrected chi connectivity index (χ1v) is 11.8. The van der Waals surface area contributed by atoms with Gasteiger partial charge >= 0.3 is 0 Å². The van der Waals surface area contributed by atoms with Crippen molar-refractivity contribution in [3.8, 4) is 0 Å². The van der Waals surface area contributed by atoms with E-state index in [4.69, 9.17) is 11.6 Å². The zero-order valence-corrected chi connectivity index (χ0v) is 19.8. The Morgan fingerprint density at radius 2 is 2.06 bits per heavy atom. The lowest BCUT2D eigenvalue weighted by molar-refractivity contribution is 0.0950. The molecule has 0 aromatic heterocycles. The fourth-order valence-electron chi connectivity index (χ4n) is 4.37. The number of hydrogen-bond donors (Lipinski definition) is 4. The van der Waals surface area contributed by atoms with Crippen LogP contribution < -0.4 is 21.3 Å². The van der Waals surface area contributed by atoms with Gasteiger partial charge in [0.1, 0.15) is 0 Å². The van der Waals surface area contributed by atoms with Gasteiger partial charge in [-0.05, 0) is 59.7 Å². The fraction of sp³-hybridized carbons (Fsp3) is 0.440. The molecule has 1 saturated heterocycles. The second-order valence-electron chi connectivity index (χ2n) is 9.00. The van der Waals surface area contributed by atoms with Gasteiger partial charge in [-0.25, -0.2) is 4.39 Å². The molecule has 2 aliphatic heterocycles. The Kier molecular flexibility index (Phi) is 7.50. The van der Waals surface area contributed by atoms with Gasteiger partial charge in [0.05, 0.1) is 6.54 Å². The number of amides is 1. The number of benzene rings is 2. The number of nitrogens with zero attached hydrogens (tertiary/aromatic N) is 1. The van der Waals surface area contributed by atoms with E-state index in [1.54, 1.807) is 0 Å². The molecule has 6 nitrogen and oxygen atoms in total. The summed E-state index contributed by atoms with van der Waals surface area (Å²) in [6.07, 6.45) is -0.386. The predicted molar refractivity (Wildman–Crippen MR) is 130 cm³/mol. The highest BCUT2D eigenvalue weighted by atomic mass is 35.5. The molecule has 3 unspecified atom stereocenters. The standard InChI is InChI=1S/C25H31ClFN5O/c1-15-7-21(23(27)30-12-15)19-9-18(14-32-25-28-5-6-29-25)10-20(11-19)24(33)31-13-17-3-4-22(26)16(2)8-17/h3-4,8-11,15,21,23,30H,5-7,12-14H2,1-2H3,(H,31,33)(H2,28,29,32). The van der Waals surface area contributed by atoms with Gasteiger partial charge in [0.2, 0.25) is 0 Å². The number of carbonyl (C=O) groups is 1. The molecule has 2 aromatic rings. The smallest absolute Gasteiger partial charge is 0.251 e. The van der Waals surface area contributed by atoms with E-state index in [9.17, 15) is 9.18 Å². The van der Waals surface area contributed by atoms with E-state index in [-0.39, 0.29) is 11.8 Å². The van der Waals surface area contributed by atoms with Crippen LogP contribution in [-0.4, -0.2) is 37.8 Å². The number of nitrogens with one attached hydrogen (secondary N) is 4. The van der Waals surface area contributed by atoms with Crippen LogP contribution in [0.4, 0.5) is 4.39 Å². The first-order chi connectivity index (χ1) is 15.9. The van der Waals surface area contributed by atoms with E-state index in [0.717, 1.165) is 47.7 Å². The van der Waals surface area contributed by atoms with E-state index in [1.165, 1.54) is 0 Å². The highest BCUT2D eigenvalue weighted by Crippen LogP contribution is 2.32. The number of carbonyl (C=O) groups excluding carboxylic acids is 1. The van der Waals surface area contributed by atoms with Crippen LogP contribution in [0, 0.1) is 12.8 Å². The molecule has 0 bridgehead atoms. The van der Waals surface area contributed by atoms with Crippen molar-refractivity contribution in [1.82, 2.24) is 21.3 Å². The van der Waals surface area contributed by atoms with Crippen molar-refractivity contribution in [2.45, 2.75) is 45.6 Å². The minimum absolute atomic E-state index is 0.186. The van der Waals surface area contributed by atoms with Crippen LogP contribution in [0.25, 0.3) is 0 Å². The summed E-state index contributed by atoms with van der Waals surface area (Å²) in [5, 5.41) is 13.1. The van der Waals surface area contributed by atoms with Gasteiger partial charge in [-0.2, -0.15) is 0 Å². The molecule has 33 heavy (non-hydrogen) atoms. The predicted octanol–water partition coefficient (Wildman–Crippen LogP) is 3.64. The fourth-order valence-corrected chi connectivity index (χ4v) is 4.48. The summed E-state index contributed by atoms with van der Waals surface area (Å²) in [4.78, 5) is 17.4. The zero-order chi connectivity index (χ0) is 23.4. The van der Waals surface area contributed by atoms with Crippen molar-refractivity contribution in [1.29, 1.82) is 0 Å². The second-order valence-corrected chi connectivity index (χ2v) is 9.40. The Morgan fingerprint density at radius 1 is 1.21 bits per heavy atom. The zero-order valence-electron chi connectivity index (χ0n) is 19.1. The SMILES string of the molecule is Cc1cc(CNC(=O)c2cc(CNC3=NCCN3)cc(C3CC(C)CNC3F)c2)ccc1Cl. The van der Waals surface area contributed by atoms with Gasteiger partial charge in [0.15, 0.2) is 12.3 Å². The van der Waals surface area contributed by atoms with Gasteiger partial charge in [0, 0.05) is 42.7 Å². The molecule has 3 atom stereocenters. The number of guanidine groups is 1. The highest BCUT2D eigenvalue weighted by Gasteiger charge is 2.30. The number of rotatable bonds is 6. The summed E-state index contributed by atoms with van der Waals surface area (Å²) in [5.41, 5.74) is 4.23. The normalized spacial score (nSPS) is 22.4. The molecule has 4 N–H and O–H groups in total. The third kappa shape index (κ3) is 6.03. The summed E-state index contributed by atoms with van der Waals surface area (Å²) in [7, 11) is 0. The van der Waals surface area contributed by atoms with Gasteiger partial charge in [-0.1, -0.05) is 36.7 Å². The van der Waals surface area contributed by atoms with Crippen molar-refractivity contribution in [2.24, 2.45) is 10.9 Å². The third-order valence-corrected chi connectivity index (χ3v) is 6.61. The molecule has 2 heterocycles. The Balaban J connectivity index is 1.54. The molecule has 8 heteroatoms. The Labute approximate surface area is 199 Å². The van der Waals surface area contributed by atoms with Crippen LogP contribution in [-0.2, 0) is 13.1 Å². The molecule has 1 amide bonds. The Hall–Kier alpha value is -2.64. The van der Waals surface area contributed by atoms with E-state index in [2.05, 4.69) is 33.2 Å². The van der Waals surface area contributed by atoms with Gasteiger partial charge in [-0.15, -0.1) is 0 Å². The number of halogens is 2. The van der Waals surface area contributed by atoms with E-state index in [0.29, 0.717) is 36.1 Å². The van der Waals surface area contributed by atoms with E-state index in [1.807, 2.05) is 43.3 Å². The number of hydrogen-bond acceptors (Lipinski definition) is 5. The molecule has 1 fully saturated rings. The van der Waals surface area contributed by atoms with Gasteiger partial charge < -0.3 is 16.0 Å². The summed E-state index contributed by atoms with van der Waals surface area (Å²) in [6.45, 7) is 7.17. The van der Waals surface area contributed by atoms with E-state index < -0.39 is 6.30 Å². The number of aliphatic imine (C=N–C) groups is 1. The summed E-state index contributed by atoms with van der Waals surface area (Å²) in [6, 6.07) is 11.4. The lowest BCUT2D eigenvalue weighted by Gasteiger charge is -2.32. The van der Waals surface area contributed by atoms with Crippen molar-refractivity contribution in [2.75, 3.05) is 19.6 Å². The molecule has 0 radical (unpaired) electrons. The van der Waals surface area contributed by atoms with Crippen LogP contribution in [0.1, 0.15) is 51.9 Å². The summed E-state index contributed by atoms with van der Waals surface area (Å²) >= 11 is 6.10. The van der Waals surface area contributed by atoms with Crippen LogP contribution >= 0.6 is 11.6 Å². The second kappa shape index (κ2) is 10.5. The number of alkyl halides is 1. The average Bonchev–Trinajstić information content (AvgIpc) is 3.33.